The van der Waals surface area contributed by atoms with Gasteiger partial charge in [-0.25, -0.2) is 0 Å². The van der Waals surface area contributed by atoms with Gasteiger partial charge in [-0.05, 0) is 11.6 Å². The highest BCUT2D eigenvalue weighted by molar-refractivity contribution is 5.91. The van der Waals surface area contributed by atoms with Crippen LogP contribution in [0.15, 0.2) is 18.3 Å². The molecule has 0 atom stereocenters. The quantitative estimate of drug-likeness (QED) is 0.590. The highest BCUT2D eigenvalue weighted by Gasteiger charge is 1.98. The second-order valence-electron chi connectivity index (χ2n) is 2.28. The molecule has 0 bridgehead atoms. The zero-order valence-electron chi connectivity index (χ0n) is 6.29. The van der Waals surface area contributed by atoms with Gasteiger partial charge in [0.05, 0.1) is 0 Å². The molecule has 1 aromatic heterocycles. The summed E-state index contributed by atoms with van der Waals surface area (Å²) in [7, 11) is 0. The molecular formula is C8H9N2O. The van der Waals surface area contributed by atoms with Crippen molar-refractivity contribution in [2.24, 2.45) is 0 Å². The molecule has 11 heavy (non-hydrogen) atoms. The van der Waals surface area contributed by atoms with E-state index in [0.29, 0.717) is 5.69 Å². The standard InChI is InChI=1S/C8H9N2O/c1-6(11)8-3-2-7(4-9)5-10-8/h2-3,5,9H,4H2,1H3. The van der Waals surface area contributed by atoms with E-state index in [2.05, 4.69) is 4.98 Å². The van der Waals surface area contributed by atoms with Crippen LogP contribution in [0.2, 0.25) is 0 Å². The molecule has 1 rings (SSSR count). The number of hydrogen-bond donors (Lipinski definition) is 0. The number of Topliss-reactive ketones (excluding diaryl/α,β-unsaturated/α-hetero) is 1. The van der Waals surface area contributed by atoms with Crippen molar-refractivity contribution in [2.45, 2.75) is 13.5 Å². The molecule has 0 aromatic carbocycles. The molecule has 1 heterocycles. The number of ketones is 1. The Kier molecular flexibility index (Phi) is 2.33. The zero-order valence-corrected chi connectivity index (χ0v) is 6.29. The molecule has 0 unspecified atom stereocenters. The van der Waals surface area contributed by atoms with Crippen LogP contribution in [0.3, 0.4) is 0 Å². The molecule has 0 saturated heterocycles. The maximum atomic E-state index is 10.7. The van der Waals surface area contributed by atoms with Gasteiger partial charge in [-0.3, -0.25) is 15.5 Å². The Hall–Kier alpha value is -1.22. The van der Waals surface area contributed by atoms with Crippen molar-refractivity contribution < 1.29 is 4.79 Å². The summed E-state index contributed by atoms with van der Waals surface area (Å²) < 4.78 is 0. The Bertz CT molecular complexity index is 253. The van der Waals surface area contributed by atoms with Crippen LogP contribution in [-0.2, 0) is 6.54 Å². The summed E-state index contributed by atoms with van der Waals surface area (Å²) in [6.45, 7) is 1.69. The van der Waals surface area contributed by atoms with E-state index in [4.69, 9.17) is 5.73 Å². The average Bonchev–Trinajstić information content (AvgIpc) is 2.05. The molecular weight excluding hydrogens is 140 g/mol. The molecule has 57 valence electrons. The summed E-state index contributed by atoms with van der Waals surface area (Å²) in [5.41, 5.74) is 8.29. The number of aromatic nitrogens is 1. The fourth-order valence-electron chi connectivity index (χ4n) is 0.737. The number of pyridine rings is 1. The third kappa shape index (κ3) is 1.85. The van der Waals surface area contributed by atoms with Gasteiger partial charge in [0.25, 0.3) is 0 Å². The van der Waals surface area contributed by atoms with Gasteiger partial charge < -0.3 is 0 Å². The molecule has 0 spiro atoms. The van der Waals surface area contributed by atoms with Gasteiger partial charge >= 0.3 is 0 Å². The number of carbonyl (C=O) groups excluding carboxylic acids is 1. The van der Waals surface area contributed by atoms with Gasteiger partial charge in [0.1, 0.15) is 5.69 Å². The lowest BCUT2D eigenvalue weighted by molar-refractivity contribution is 0.101. The first-order valence-electron chi connectivity index (χ1n) is 3.34. The Balaban J connectivity index is 2.91. The maximum absolute atomic E-state index is 10.7. The summed E-state index contributed by atoms with van der Waals surface area (Å²) in [4.78, 5) is 14.6. The minimum absolute atomic E-state index is 0.0402. The Morgan fingerprint density at radius 3 is 2.73 bits per heavy atom. The molecule has 1 radical (unpaired) electrons. The van der Waals surface area contributed by atoms with Crippen molar-refractivity contribution in [1.29, 1.82) is 0 Å². The average molecular weight is 149 g/mol. The third-order valence-electron chi connectivity index (χ3n) is 1.39. The molecule has 1 aromatic rings. The summed E-state index contributed by atoms with van der Waals surface area (Å²) in [6.07, 6.45) is 1.56. The van der Waals surface area contributed by atoms with E-state index < -0.39 is 0 Å². The van der Waals surface area contributed by atoms with E-state index in [1.165, 1.54) is 6.92 Å². The maximum Gasteiger partial charge on any atom is 0.178 e. The van der Waals surface area contributed by atoms with E-state index in [9.17, 15) is 4.79 Å². The summed E-state index contributed by atoms with van der Waals surface area (Å²) >= 11 is 0. The van der Waals surface area contributed by atoms with Crippen molar-refractivity contribution in [1.82, 2.24) is 10.7 Å². The first-order chi connectivity index (χ1) is 5.24. The van der Waals surface area contributed by atoms with Gasteiger partial charge in [-0.2, -0.15) is 0 Å². The number of carbonyl (C=O) groups is 1. The highest BCUT2D eigenvalue weighted by atomic mass is 16.1. The SMILES string of the molecule is CC(=O)c1ccc(C[NH])cn1. The molecule has 0 aliphatic heterocycles. The molecule has 3 heteroatoms. The lowest BCUT2D eigenvalue weighted by Gasteiger charge is -1.95. The predicted octanol–water partition coefficient (Wildman–Crippen LogP) is 1.07. The van der Waals surface area contributed by atoms with Crippen molar-refractivity contribution in [3.63, 3.8) is 0 Å². The monoisotopic (exact) mass is 149 g/mol. The van der Waals surface area contributed by atoms with E-state index in [1.807, 2.05) is 0 Å². The second kappa shape index (κ2) is 3.25. The molecule has 3 nitrogen and oxygen atoms in total. The zero-order chi connectivity index (χ0) is 8.27. The fraction of sp³-hybridized carbons (Fsp3) is 0.250. The molecule has 0 aliphatic carbocycles. The molecule has 0 amide bonds. The first-order valence-corrected chi connectivity index (χ1v) is 3.34. The van der Waals surface area contributed by atoms with Crippen molar-refractivity contribution in [3.8, 4) is 0 Å². The largest absolute Gasteiger partial charge is 0.293 e. The van der Waals surface area contributed by atoms with E-state index >= 15 is 0 Å². The third-order valence-corrected chi connectivity index (χ3v) is 1.39. The van der Waals surface area contributed by atoms with Crippen LogP contribution in [0.1, 0.15) is 23.0 Å². The normalized spacial score (nSPS) is 9.64. The number of hydrogen-bond acceptors (Lipinski definition) is 2. The van der Waals surface area contributed by atoms with Crippen LogP contribution in [0.5, 0.6) is 0 Å². The van der Waals surface area contributed by atoms with Crippen LogP contribution in [0.4, 0.5) is 0 Å². The summed E-state index contributed by atoms with van der Waals surface area (Å²) in [5, 5.41) is 0. The number of nitrogens with one attached hydrogen (secondary N) is 1. The number of rotatable bonds is 2. The van der Waals surface area contributed by atoms with Gasteiger partial charge in [0.2, 0.25) is 0 Å². The van der Waals surface area contributed by atoms with E-state index in [0.717, 1.165) is 5.56 Å². The van der Waals surface area contributed by atoms with E-state index in [-0.39, 0.29) is 12.3 Å². The second-order valence-corrected chi connectivity index (χ2v) is 2.28. The van der Waals surface area contributed by atoms with Crippen LogP contribution < -0.4 is 5.73 Å². The van der Waals surface area contributed by atoms with E-state index in [1.54, 1.807) is 18.3 Å². The number of nitrogens with zero attached hydrogens (tertiary/aromatic N) is 1. The lowest BCUT2D eigenvalue weighted by Crippen LogP contribution is -1.97. The topological polar surface area (TPSA) is 53.8 Å². The smallest absolute Gasteiger partial charge is 0.178 e. The van der Waals surface area contributed by atoms with Crippen LogP contribution in [-0.4, -0.2) is 10.8 Å². The van der Waals surface area contributed by atoms with Crippen molar-refractivity contribution in [2.75, 3.05) is 0 Å². The Morgan fingerprint density at radius 2 is 2.36 bits per heavy atom. The highest BCUT2D eigenvalue weighted by Crippen LogP contribution is 1.99. The predicted molar refractivity (Wildman–Crippen MR) is 41.0 cm³/mol. The first kappa shape index (κ1) is 7.88. The fourth-order valence-corrected chi connectivity index (χ4v) is 0.737. The van der Waals surface area contributed by atoms with Crippen LogP contribution in [0.25, 0.3) is 0 Å². The minimum Gasteiger partial charge on any atom is -0.293 e. The van der Waals surface area contributed by atoms with Crippen molar-refractivity contribution >= 4 is 5.78 Å². The van der Waals surface area contributed by atoms with Gasteiger partial charge in [-0.1, -0.05) is 6.07 Å². The van der Waals surface area contributed by atoms with Gasteiger partial charge in [0.15, 0.2) is 5.78 Å². The van der Waals surface area contributed by atoms with Crippen LogP contribution in [0, 0.1) is 0 Å². The lowest BCUT2D eigenvalue weighted by atomic mass is 10.2. The van der Waals surface area contributed by atoms with Crippen molar-refractivity contribution in [3.05, 3.63) is 29.6 Å². The molecule has 1 N–H and O–H groups in total. The van der Waals surface area contributed by atoms with Gasteiger partial charge in [-0.15, -0.1) is 0 Å². The molecule has 0 saturated carbocycles. The molecule has 0 fully saturated rings. The Labute approximate surface area is 65.2 Å². The van der Waals surface area contributed by atoms with Crippen LogP contribution >= 0.6 is 0 Å². The van der Waals surface area contributed by atoms with Gasteiger partial charge in [0, 0.05) is 19.7 Å². The minimum atomic E-state index is -0.0402. The molecule has 0 aliphatic rings. The summed E-state index contributed by atoms with van der Waals surface area (Å²) in [6, 6.07) is 3.39. The summed E-state index contributed by atoms with van der Waals surface area (Å²) in [5.74, 6) is -0.0402. The Morgan fingerprint density at radius 1 is 1.64 bits per heavy atom.